The minimum Gasteiger partial charge on any atom is -0.618 e. The SMILES string of the molecule is C=C1C=CC(I)=C(OC(=O)N2CCCC2)/C1=[N+](\[O-])c1ccccc1NO. The Labute approximate surface area is 164 Å². The molecule has 2 N–H and O–H groups in total. The van der Waals surface area contributed by atoms with E-state index in [9.17, 15) is 15.2 Å². The summed E-state index contributed by atoms with van der Waals surface area (Å²) in [6.45, 7) is 5.19. The number of likely N-dealkylation sites (tertiary alicyclic amines) is 1. The summed E-state index contributed by atoms with van der Waals surface area (Å²) in [6.07, 6.45) is 4.83. The molecule has 1 aliphatic heterocycles. The maximum absolute atomic E-state index is 13.0. The van der Waals surface area contributed by atoms with Crippen LogP contribution in [0.1, 0.15) is 12.8 Å². The maximum Gasteiger partial charge on any atom is 0.415 e. The van der Waals surface area contributed by atoms with Crippen molar-refractivity contribution in [1.82, 2.24) is 4.90 Å². The van der Waals surface area contributed by atoms with E-state index in [2.05, 4.69) is 6.58 Å². The van der Waals surface area contributed by atoms with E-state index in [1.807, 2.05) is 28.1 Å². The number of hydrogen-bond donors (Lipinski definition) is 2. The normalized spacial score (nSPS) is 19.0. The van der Waals surface area contributed by atoms with E-state index in [0.717, 1.165) is 12.8 Å². The Hall–Kier alpha value is -2.33. The molecular formula is C18H18IN3O4. The molecule has 1 fully saturated rings. The standard InChI is InChI=1S/C18H18IN3O4/c1-12-8-9-13(19)17(26-18(23)21-10-4-5-11-21)16(12)22(25)15-7-3-2-6-14(15)20-24/h2-3,6-9,20,24H,1,4-5,10-11H2/b22-16-. The van der Waals surface area contributed by atoms with Gasteiger partial charge in [0.1, 0.15) is 5.69 Å². The zero-order chi connectivity index (χ0) is 18.7. The van der Waals surface area contributed by atoms with Crippen LogP contribution >= 0.6 is 22.6 Å². The molecule has 0 bridgehead atoms. The topological polar surface area (TPSA) is 87.9 Å². The summed E-state index contributed by atoms with van der Waals surface area (Å²) in [4.78, 5) is 14.0. The number of ether oxygens (including phenoxy) is 1. The summed E-state index contributed by atoms with van der Waals surface area (Å²) in [5, 5.41) is 22.3. The van der Waals surface area contributed by atoms with Crippen LogP contribution in [0, 0.1) is 5.21 Å². The molecule has 1 amide bonds. The van der Waals surface area contributed by atoms with Gasteiger partial charge in [-0.2, -0.15) is 4.74 Å². The van der Waals surface area contributed by atoms with Gasteiger partial charge in [-0.05, 0) is 53.7 Å². The van der Waals surface area contributed by atoms with Crippen molar-refractivity contribution in [2.24, 2.45) is 0 Å². The van der Waals surface area contributed by atoms with E-state index in [0.29, 0.717) is 27.0 Å². The average Bonchev–Trinajstić information content (AvgIpc) is 3.19. The van der Waals surface area contributed by atoms with Gasteiger partial charge in [-0.1, -0.05) is 18.7 Å². The highest BCUT2D eigenvalue weighted by Crippen LogP contribution is 2.31. The number of rotatable bonds is 3. The number of carbonyl (C=O) groups is 1. The van der Waals surface area contributed by atoms with Gasteiger partial charge in [0, 0.05) is 24.7 Å². The first-order chi connectivity index (χ1) is 12.5. The lowest BCUT2D eigenvalue weighted by atomic mass is 10.0. The Morgan fingerprint density at radius 2 is 2.00 bits per heavy atom. The van der Waals surface area contributed by atoms with Crippen LogP contribution < -0.4 is 5.48 Å². The molecule has 1 heterocycles. The minimum atomic E-state index is -0.478. The number of para-hydroxylation sites is 2. The van der Waals surface area contributed by atoms with Crippen molar-refractivity contribution in [1.29, 1.82) is 0 Å². The minimum absolute atomic E-state index is 0.132. The molecule has 7 nitrogen and oxygen atoms in total. The zero-order valence-electron chi connectivity index (χ0n) is 13.9. The van der Waals surface area contributed by atoms with Gasteiger partial charge in [0.25, 0.3) is 5.71 Å². The lowest BCUT2D eigenvalue weighted by Crippen LogP contribution is -2.31. The second kappa shape index (κ2) is 7.92. The average molecular weight is 467 g/mol. The van der Waals surface area contributed by atoms with Crippen LogP contribution in [0.15, 0.2) is 57.9 Å². The number of nitrogens with zero attached hydrogens (tertiary/aromatic N) is 2. The number of allylic oxidation sites excluding steroid dienone is 4. The highest BCUT2D eigenvalue weighted by atomic mass is 127. The third-order valence-corrected chi connectivity index (χ3v) is 5.02. The third kappa shape index (κ3) is 3.61. The Balaban J connectivity index is 2.03. The van der Waals surface area contributed by atoms with E-state index in [1.165, 1.54) is 0 Å². The molecule has 0 aromatic heterocycles. The lowest BCUT2D eigenvalue weighted by Gasteiger charge is -2.20. The fourth-order valence-electron chi connectivity index (χ4n) is 2.82. The molecule has 136 valence electrons. The number of anilines is 1. The molecule has 0 saturated carbocycles. The van der Waals surface area contributed by atoms with Crippen LogP contribution in [0.4, 0.5) is 16.2 Å². The summed E-state index contributed by atoms with van der Waals surface area (Å²) in [5.74, 6) is 0.165. The molecule has 2 aliphatic rings. The molecule has 8 heteroatoms. The summed E-state index contributed by atoms with van der Waals surface area (Å²) >= 11 is 2.02. The number of benzene rings is 1. The van der Waals surface area contributed by atoms with Gasteiger partial charge >= 0.3 is 6.09 Å². The molecule has 1 saturated heterocycles. The van der Waals surface area contributed by atoms with E-state index >= 15 is 0 Å². The third-order valence-electron chi connectivity index (χ3n) is 4.17. The quantitative estimate of drug-likeness (QED) is 0.303. The Morgan fingerprint density at radius 3 is 2.69 bits per heavy atom. The monoisotopic (exact) mass is 467 g/mol. The number of halogens is 1. The van der Waals surface area contributed by atoms with E-state index in [-0.39, 0.29) is 22.8 Å². The molecule has 0 spiro atoms. The predicted molar refractivity (Wildman–Crippen MR) is 107 cm³/mol. The van der Waals surface area contributed by atoms with Crippen LogP contribution in [0.25, 0.3) is 0 Å². The number of amides is 1. The Bertz CT molecular complexity index is 839. The van der Waals surface area contributed by atoms with Crippen LogP contribution in [0.2, 0.25) is 0 Å². The van der Waals surface area contributed by atoms with Crippen LogP contribution in [-0.4, -0.2) is 39.7 Å². The van der Waals surface area contributed by atoms with Gasteiger partial charge in [-0.3, -0.25) is 10.7 Å². The molecule has 1 aromatic carbocycles. The lowest BCUT2D eigenvalue weighted by molar-refractivity contribution is -0.359. The van der Waals surface area contributed by atoms with Gasteiger partial charge in [0.05, 0.1) is 3.58 Å². The molecule has 1 aliphatic carbocycles. The zero-order valence-corrected chi connectivity index (χ0v) is 16.1. The van der Waals surface area contributed by atoms with Crippen LogP contribution in [-0.2, 0) is 4.74 Å². The Morgan fingerprint density at radius 1 is 1.31 bits per heavy atom. The number of carbonyl (C=O) groups excluding carboxylic acids is 1. The van der Waals surface area contributed by atoms with Gasteiger partial charge in [0.15, 0.2) is 0 Å². The molecule has 0 unspecified atom stereocenters. The predicted octanol–water partition coefficient (Wildman–Crippen LogP) is 4.08. The first kappa shape index (κ1) is 18.5. The smallest absolute Gasteiger partial charge is 0.415 e. The second-order valence-electron chi connectivity index (χ2n) is 5.87. The van der Waals surface area contributed by atoms with Crippen molar-refractivity contribution >= 4 is 45.8 Å². The van der Waals surface area contributed by atoms with Crippen molar-refractivity contribution in [3.8, 4) is 0 Å². The van der Waals surface area contributed by atoms with E-state index in [1.54, 1.807) is 41.3 Å². The van der Waals surface area contributed by atoms with Crippen LogP contribution in [0.5, 0.6) is 0 Å². The van der Waals surface area contributed by atoms with Crippen molar-refractivity contribution in [3.63, 3.8) is 0 Å². The largest absolute Gasteiger partial charge is 0.618 e. The highest BCUT2D eigenvalue weighted by Gasteiger charge is 2.32. The highest BCUT2D eigenvalue weighted by molar-refractivity contribution is 14.1. The molecular weight excluding hydrogens is 449 g/mol. The van der Waals surface area contributed by atoms with Gasteiger partial charge in [-0.15, -0.1) is 0 Å². The van der Waals surface area contributed by atoms with Crippen molar-refractivity contribution in [3.05, 3.63) is 63.1 Å². The Kier molecular flexibility index (Phi) is 5.62. The molecule has 3 rings (SSSR count). The fraction of sp³-hybridized carbons (Fsp3) is 0.222. The van der Waals surface area contributed by atoms with Gasteiger partial charge in [0.2, 0.25) is 11.4 Å². The summed E-state index contributed by atoms with van der Waals surface area (Å²) in [6, 6.07) is 6.47. The fourth-order valence-corrected chi connectivity index (χ4v) is 3.37. The van der Waals surface area contributed by atoms with Crippen molar-refractivity contribution in [2.45, 2.75) is 12.8 Å². The van der Waals surface area contributed by atoms with Gasteiger partial charge < -0.3 is 14.8 Å². The maximum atomic E-state index is 13.0. The van der Waals surface area contributed by atoms with E-state index < -0.39 is 6.09 Å². The molecule has 0 atom stereocenters. The van der Waals surface area contributed by atoms with Gasteiger partial charge in [-0.25, -0.2) is 4.79 Å². The molecule has 0 radical (unpaired) electrons. The first-order valence-corrected chi connectivity index (χ1v) is 9.18. The molecule has 1 aromatic rings. The second-order valence-corrected chi connectivity index (χ2v) is 7.03. The van der Waals surface area contributed by atoms with Crippen molar-refractivity contribution < 1.29 is 19.5 Å². The van der Waals surface area contributed by atoms with E-state index in [4.69, 9.17) is 4.74 Å². The summed E-state index contributed by atoms with van der Waals surface area (Å²) in [7, 11) is 0. The first-order valence-electron chi connectivity index (χ1n) is 8.10. The van der Waals surface area contributed by atoms with Crippen molar-refractivity contribution in [2.75, 3.05) is 18.6 Å². The number of hydrogen-bond acceptors (Lipinski definition) is 5. The number of nitrogens with one attached hydrogen (secondary N) is 1. The summed E-state index contributed by atoms with van der Waals surface area (Å²) < 4.78 is 6.80. The van der Waals surface area contributed by atoms with Crippen LogP contribution in [0.3, 0.4) is 0 Å². The molecule has 26 heavy (non-hydrogen) atoms. The summed E-state index contributed by atoms with van der Waals surface area (Å²) in [5.41, 5.74) is 2.97.